The zero-order chi connectivity index (χ0) is 10.7. The molecule has 0 heterocycles. The maximum Gasteiger partial charge on any atom is 0.173 e. The van der Waals surface area contributed by atoms with Gasteiger partial charge in [-0.1, -0.05) is 11.6 Å². The van der Waals surface area contributed by atoms with Crippen molar-refractivity contribution < 1.29 is 9.13 Å². The third-order valence-corrected chi connectivity index (χ3v) is 2.20. The largest absolute Gasteiger partial charge is 0.492 e. The number of rotatable bonds is 2. The fourth-order valence-corrected chi connectivity index (χ4v) is 1.39. The summed E-state index contributed by atoms with van der Waals surface area (Å²) in [5.74, 6) is -0.912. The maximum absolute atomic E-state index is 13.3. The quantitative estimate of drug-likeness (QED) is 0.756. The highest BCUT2D eigenvalue weighted by Gasteiger charge is 2.13. The standard InChI is InChI=1S/C10H9ClFNO/c1-6(5-13)7-3-8(11)10(14-2)9(12)4-7/h3-4,6H,1-2H3. The van der Waals surface area contributed by atoms with E-state index in [0.29, 0.717) is 5.56 Å². The minimum atomic E-state index is -0.544. The third-order valence-electron chi connectivity index (χ3n) is 1.92. The molecule has 0 N–H and O–H groups in total. The van der Waals surface area contributed by atoms with Gasteiger partial charge in [-0.3, -0.25) is 0 Å². The summed E-state index contributed by atoms with van der Waals surface area (Å²) < 4.78 is 18.0. The maximum atomic E-state index is 13.3. The molecule has 0 amide bonds. The van der Waals surface area contributed by atoms with E-state index in [1.54, 1.807) is 6.92 Å². The normalized spacial score (nSPS) is 11.9. The van der Waals surface area contributed by atoms with Crippen LogP contribution in [0.3, 0.4) is 0 Å². The number of nitriles is 1. The molecule has 2 nitrogen and oxygen atoms in total. The molecule has 0 aromatic heterocycles. The van der Waals surface area contributed by atoms with Gasteiger partial charge >= 0.3 is 0 Å². The molecular formula is C10H9ClFNO. The molecule has 0 bridgehead atoms. The Morgan fingerprint density at radius 2 is 2.21 bits per heavy atom. The van der Waals surface area contributed by atoms with Crippen molar-refractivity contribution in [1.29, 1.82) is 5.26 Å². The summed E-state index contributed by atoms with van der Waals surface area (Å²) in [6.07, 6.45) is 0. The van der Waals surface area contributed by atoms with Gasteiger partial charge in [0.05, 0.1) is 24.1 Å². The van der Waals surface area contributed by atoms with Gasteiger partial charge in [0.25, 0.3) is 0 Å². The minimum Gasteiger partial charge on any atom is -0.492 e. The molecular weight excluding hydrogens is 205 g/mol. The van der Waals surface area contributed by atoms with Crippen LogP contribution in [0.25, 0.3) is 0 Å². The van der Waals surface area contributed by atoms with Gasteiger partial charge in [0.1, 0.15) is 0 Å². The number of hydrogen-bond acceptors (Lipinski definition) is 2. The molecule has 0 saturated carbocycles. The Bertz CT molecular complexity index is 363. The first kappa shape index (κ1) is 10.8. The van der Waals surface area contributed by atoms with E-state index in [9.17, 15) is 4.39 Å². The molecule has 0 aliphatic rings. The Labute approximate surface area is 86.9 Å². The van der Waals surface area contributed by atoms with E-state index in [0.717, 1.165) is 0 Å². The number of hydrogen-bond donors (Lipinski definition) is 0. The highest BCUT2D eigenvalue weighted by atomic mass is 35.5. The van der Waals surface area contributed by atoms with Gasteiger partial charge in [-0.2, -0.15) is 5.26 Å². The summed E-state index contributed by atoms with van der Waals surface area (Å²) in [6.45, 7) is 1.68. The van der Waals surface area contributed by atoms with Gasteiger partial charge in [-0.25, -0.2) is 4.39 Å². The lowest BCUT2D eigenvalue weighted by Gasteiger charge is -2.08. The van der Waals surface area contributed by atoms with Crippen molar-refractivity contribution in [2.24, 2.45) is 0 Å². The fraction of sp³-hybridized carbons (Fsp3) is 0.300. The molecule has 4 heteroatoms. The smallest absolute Gasteiger partial charge is 0.173 e. The van der Waals surface area contributed by atoms with E-state index in [4.69, 9.17) is 21.6 Å². The van der Waals surface area contributed by atoms with E-state index in [-0.39, 0.29) is 16.7 Å². The Morgan fingerprint density at radius 1 is 1.57 bits per heavy atom. The average Bonchev–Trinajstić information content (AvgIpc) is 2.16. The minimum absolute atomic E-state index is 0.0144. The molecule has 1 rings (SSSR count). The van der Waals surface area contributed by atoms with Crippen molar-refractivity contribution in [2.75, 3.05) is 7.11 Å². The van der Waals surface area contributed by atoms with Gasteiger partial charge in [0.15, 0.2) is 11.6 Å². The van der Waals surface area contributed by atoms with Crippen LogP contribution in [0.5, 0.6) is 5.75 Å². The Morgan fingerprint density at radius 3 is 2.64 bits per heavy atom. The number of ether oxygens (including phenoxy) is 1. The Kier molecular flexibility index (Phi) is 3.32. The molecule has 74 valence electrons. The van der Waals surface area contributed by atoms with Crippen molar-refractivity contribution >= 4 is 11.6 Å². The number of benzene rings is 1. The van der Waals surface area contributed by atoms with Crippen LogP contribution in [0.2, 0.25) is 5.02 Å². The predicted octanol–water partition coefficient (Wildman–Crippen LogP) is 3.11. The summed E-state index contributed by atoms with van der Waals surface area (Å²) in [5, 5.41) is 8.83. The van der Waals surface area contributed by atoms with Crippen molar-refractivity contribution in [3.63, 3.8) is 0 Å². The first-order valence-corrected chi connectivity index (χ1v) is 4.40. The summed E-state index contributed by atoms with van der Waals surface area (Å²) in [7, 11) is 1.34. The molecule has 14 heavy (non-hydrogen) atoms. The summed E-state index contributed by atoms with van der Waals surface area (Å²) in [6, 6.07) is 4.81. The van der Waals surface area contributed by atoms with Crippen LogP contribution in [0.4, 0.5) is 4.39 Å². The van der Waals surface area contributed by atoms with Gasteiger partial charge in [-0.15, -0.1) is 0 Å². The predicted molar refractivity (Wildman–Crippen MR) is 52.0 cm³/mol. The molecule has 0 fully saturated rings. The number of methoxy groups -OCH3 is 1. The Hall–Kier alpha value is -1.27. The lowest BCUT2D eigenvalue weighted by molar-refractivity contribution is 0.386. The molecule has 0 spiro atoms. The second kappa shape index (κ2) is 4.30. The van der Waals surface area contributed by atoms with Gasteiger partial charge in [0, 0.05) is 0 Å². The van der Waals surface area contributed by atoms with Gasteiger partial charge in [-0.05, 0) is 24.6 Å². The lowest BCUT2D eigenvalue weighted by atomic mass is 10.0. The van der Waals surface area contributed by atoms with E-state index < -0.39 is 5.82 Å². The van der Waals surface area contributed by atoms with Crippen LogP contribution >= 0.6 is 11.6 Å². The van der Waals surface area contributed by atoms with Crippen molar-refractivity contribution in [3.05, 3.63) is 28.5 Å². The Balaban J connectivity index is 3.22. The van der Waals surface area contributed by atoms with Crippen LogP contribution in [0.1, 0.15) is 18.4 Å². The van der Waals surface area contributed by atoms with Crippen LogP contribution < -0.4 is 4.74 Å². The monoisotopic (exact) mass is 213 g/mol. The van der Waals surface area contributed by atoms with E-state index >= 15 is 0 Å². The molecule has 1 unspecified atom stereocenters. The molecule has 0 aliphatic carbocycles. The topological polar surface area (TPSA) is 33.0 Å². The number of nitrogens with zero attached hydrogens (tertiary/aromatic N) is 1. The van der Waals surface area contributed by atoms with E-state index in [1.165, 1.54) is 19.2 Å². The van der Waals surface area contributed by atoms with Crippen molar-refractivity contribution in [2.45, 2.75) is 12.8 Å². The third kappa shape index (κ3) is 1.97. The lowest BCUT2D eigenvalue weighted by Crippen LogP contribution is -1.95. The zero-order valence-corrected chi connectivity index (χ0v) is 8.60. The highest BCUT2D eigenvalue weighted by molar-refractivity contribution is 6.32. The molecule has 1 aromatic carbocycles. The second-order valence-electron chi connectivity index (χ2n) is 2.87. The SMILES string of the molecule is COc1c(F)cc(C(C)C#N)cc1Cl. The molecule has 0 aliphatic heterocycles. The number of halogens is 2. The summed E-state index contributed by atoms with van der Waals surface area (Å²) in [5.41, 5.74) is 0.552. The first-order chi connectivity index (χ1) is 6.60. The molecule has 0 saturated heterocycles. The van der Waals surface area contributed by atoms with Crippen LogP contribution in [0, 0.1) is 17.1 Å². The van der Waals surface area contributed by atoms with Crippen LogP contribution in [0.15, 0.2) is 12.1 Å². The summed E-state index contributed by atoms with van der Waals surface area (Å²) in [4.78, 5) is 0. The van der Waals surface area contributed by atoms with E-state index in [1.807, 2.05) is 6.07 Å². The average molecular weight is 214 g/mol. The van der Waals surface area contributed by atoms with Gasteiger partial charge < -0.3 is 4.74 Å². The van der Waals surface area contributed by atoms with E-state index in [2.05, 4.69) is 0 Å². The molecule has 0 radical (unpaired) electrons. The van der Waals surface area contributed by atoms with Gasteiger partial charge in [0.2, 0.25) is 0 Å². The van der Waals surface area contributed by atoms with Crippen LogP contribution in [-0.4, -0.2) is 7.11 Å². The molecule has 1 atom stereocenters. The fourth-order valence-electron chi connectivity index (χ4n) is 1.10. The van der Waals surface area contributed by atoms with Crippen molar-refractivity contribution in [3.8, 4) is 11.8 Å². The van der Waals surface area contributed by atoms with Crippen LogP contribution in [-0.2, 0) is 0 Å². The molecule has 1 aromatic rings. The second-order valence-corrected chi connectivity index (χ2v) is 3.28. The highest BCUT2D eigenvalue weighted by Crippen LogP contribution is 2.31. The van der Waals surface area contributed by atoms with Crippen molar-refractivity contribution in [1.82, 2.24) is 0 Å². The zero-order valence-electron chi connectivity index (χ0n) is 7.84. The summed E-state index contributed by atoms with van der Waals surface area (Å²) >= 11 is 5.76. The first-order valence-electron chi connectivity index (χ1n) is 4.02.